The molecule has 0 aliphatic heterocycles. The monoisotopic (exact) mass is 259 g/mol. The second-order valence-electron chi connectivity index (χ2n) is 4.52. The average Bonchev–Trinajstić information content (AvgIpc) is 2.45. The van der Waals surface area contributed by atoms with E-state index in [0.717, 1.165) is 54.7 Å². The number of nitrogens with zero attached hydrogens (tertiary/aromatic N) is 1. The third-order valence-corrected chi connectivity index (χ3v) is 2.99. The van der Waals surface area contributed by atoms with Crippen LogP contribution in [0, 0.1) is 0 Å². The summed E-state index contributed by atoms with van der Waals surface area (Å²) in [5, 5.41) is 5.47. The molecule has 0 amide bonds. The van der Waals surface area contributed by atoms with Gasteiger partial charge in [0, 0.05) is 42.9 Å². The zero-order valence-corrected chi connectivity index (χ0v) is 11.4. The van der Waals surface area contributed by atoms with Crippen LogP contribution in [-0.4, -0.2) is 24.7 Å². The molecule has 0 saturated carbocycles. The van der Waals surface area contributed by atoms with E-state index in [2.05, 4.69) is 17.2 Å². The van der Waals surface area contributed by atoms with Crippen LogP contribution in [0.25, 0.3) is 10.8 Å². The van der Waals surface area contributed by atoms with E-state index in [1.165, 1.54) is 0 Å². The van der Waals surface area contributed by atoms with Gasteiger partial charge in [0.05, 0.1) is 11.4 Å². The van der Waals surface area contributed by atoms with Crippen molar-refractivity contribution in [3.63, 3.8) is 0 Å². The minimum atomic E-state index is 0.786. The Hall–Kier alpha value is -1.81. The van der Waals surface area contributed by atoms with Gasteiger partial charge in [-0.25, -0.2) is 0 Å². The highest BCUT2D eigenvalue weighted by molar-refractivity contribution is 5.98. The average molecular weight is 259 g/mol. The minimum Gasteiger partial charge on any atom is -0.397 e. The fourth-order valence-corrected chi connectivity index (χ4v) is 1.99. The molecule has 1 aromatic carbocycles. The number of hydrogen-bond acceptors (Lipinski definition) is 4. The van der Waals surface area contributed by atoms with E-state index in [-0.39, 0.29) is 0 Å². The van der Waals surface area contributed by atoms with Crippen LogP contribution in [0.3, 0.4) is 0 Å². The molecule has 0 saturated heterocycles. The molecule has 0 spiro atoms. The van der Waals surface area contributed by atoms with Crippen molar-refractivity contribution in [2.24, 2.45) is 0 Å². The Morgan fingerprint density at radius 2 is 2.16 bits per heavy atom. The first-order chi connectivity index (χ1) is 9.33. The van der Waals surface area contributed by atoms with E-state index in [1.807, 2.05) is 24.4 Å². The van der Waals surface area contributed by atoms with E-state index in [0.29, 0.717) is 0 Å². The molecule has 19 heavy (non-hydrogen) atoms. The number of rotatable bonds is 7. The quantitative estimate of drug-likeness (QED) is 0.592. The maximum atomic E-state index is 6.16. The van der Waals surface area contributed by atoms with E-state index in [1.54, 1.807) is 6.20 Å². The molecule has 3 N–H and O–H groups in total. The van der Waals surface area contributed by atoms with E-state index in [9.17, 15) is 0 Å². The standard InChI is InChI=1S/C15H21N3O/c1-2-9-19-10-3-7-18-14-5-4-12-11-17-8-6-13(12)15(14)16/h4-6,8,11,18H,2-3,7,9-10,16H2,1H3. The van der Waals surface area contributed by atoms with Crippen molar-refractivity contribution in [3.05, 3.63) is 30.6 Å². The molecule has 2 aromatic rings. The number of benzene rings is 1. The van der Waals surface area contributed by atoms with Gasteiger partial charge >= 0.3 is 0 Å². The summed E-state index contributed by atoms with van der Waals surface area (Å²) in [5.74, 6) is 0. The van der Waals surface area contributed by atoms with Crippen molar-refractivity contribution in [2.45, 2.75) is 19.8 Å². The Morgan fingerprint density at radius 1 is 1.26 bits per heavy atom. The number of nitrogens with one attached hydrogen (secondary N) is 1. The van der Waals surface area contributed by atoms with Crippen LogP contribution in [0.1, 0.15) is 19.8 Å². The molecule has 0 atom stereocenters. The van der Waals surface area contributed by atoms with Gasteiger partial charge in [-0.1, -0.05) is 13.0 Å². The van der Waals surface area contributed by atoms with Gasteiger partial charge in [0.1, 0.15) is 0 Å². The molecular weight excluding hydrogens is 238 g/mol. The summed E-state index contributed by atoms with van der Waals surface area (Å²) in [4.78, 5) is 4.10. The molecule has 4 heteroatoms. The lowest BCUT2D eigenvalue weighted by Gasteiger charge is -2.11. The topological polar surface area (TPSA) is 60.2 Å². The van der Waals surface area contributed by atoms with Crippen molar-refractivity contribution in [3.8, 4) is 0 Å². The molecule has 4 nitrogen and oxygen atoms in total. The van der Waals surface area contributed by atoms with Crippen molar-refractivity contribution >= 4 is 22.1 Å². The molecule has 0 unspecified atom stereocenters. The predicted molar refractivity (Wildman–Crippen MR) is 80.4 cm³/mol. The summed E-state index contributed by atoms with van der Waals surface area (Å²) in [6.45, 7) is 4.61. The lowest BCUT2D eigenvalue weighted by molar-refractivity contribution is 0.134. The molecule has 2 rings (SSSR count). The van der Waals surface area contributed by atoms with Gasteiger partial charge < -0.3 is 15.8 Å². The Kier molecular flexibility index (Phi) is 4.98. The number of hydrogen-bond donors (Lipinski definition) is 2. The van der Waals surface area contributed by atoms with Crippen LogP contribution >= 0.6 is 0 Å². The number of anilines is 2. The highest BCUT2D eigenvalue weighted by atomic mass is 16.5. The first-order valence-electron chi connectivity index (χ1n) is 6.76. The first-order valence-corrected chi connectivity index (χ1v) is 6.76. The van der Waals surface area contributed by atoms with Gasteiger partial charge in [0.2, 0.25) is 0 Å². The van der Waals surface area contributed by atoms with Crippen molar-refractivity contribution in [2.75, 3.05) is 30.8 Å². The third-order valence-electron chi connectivity index (χ3n) is 2.99. The summed E-state index contributed by atoms with van der Waals surface area (Å²) in [5.41, 5.74) is 7.93. The van der Waals surface area contributed by atoms with Gasteiger partial charge in [0.15, 0.2) is 0 Å². The minimum absolute atomic E-state index is 0.786. The largest absolute Gasteiger partial charge is 0.397 e. The fraction of sp³-hybridized carbons (Fsp3) is 0.400. The number of fused-ring (bicyclic) bond motifs is 1. The molecule has 1 aromatic heterocycles. The second-order valence-corrected chi connectivity index (χ2v) is 4.52. The first kappa shape index (κ1) is 13.6. The summed E-state index contributed by atoms with van der Waals surface area (Å²) in [7, 11) is 0. The van der Waals surface area contributed by atoms with E-state index >= 15 is 0 Å². The van der Waals surface area contributed by atoms with Gasteiger partial charge in [-0.3, -0.25) is 4.98 Å². The number of nitrogen functional groups attached to an aromatic ring is 1. The van der Waals surface area contributed by atoms with Crippen LogP contribution in [0.2, 0.25) is 0 Å². The summed E-state index contributed by atoms with van der Waals surface area (Å²) in [6.07, 6.45) is 5.64. The molecule has 0 fully saturated rings. The molecule has 0 radical (unpaired) electrons. The highest BCUT2D eigenvalue weighted by Crippen LogP contribution is 2.27. The normalized spacial score (nSPS) is 10.8. The fourth-order valence-electron chi connectivity index (χ4n) is 1.99. The summed E-state index contributed by atoms with van der Waals surface area (Å²) < 4.78 is 5.44. The van der Waals surface area contributed by atoms with Gasteiger partial charge in [0.25, 0.3) is 0 Å². The maximum absolute atomic E-state index is 6.16. The van der Waals surface area contributed by atoms with Crippen LogP contribution in [0.5, 0.6) is 0 Å². The Balaban J connectivity index is 1.92. The predicted octanol–water partition coefficient (Wildman–Crippen LogP) is 3.05. The van der Waals surface area contributed by atoms with Crippen molar-refractivity contribution in [1.82, 2.24) is 4.98 Å². The summed E-state index contributed by atoms with van der Waals surface area (Å²) >= 11 is 0. The Morgan fingerprint density at radius 3 is 3.00 bits per heavy atom. The molecule has 1 heterocycles. The third kappa shape index (κ3) is 3.58. The van der Waals surface area contributed by atoms with Gasteiger partial charge in [-0.15, -0.1) is 0 Å². The van der Waals surface area contributed by atoms with Gasteiger partial charge in [-0.2, -0.15) is 0 Å². The second kappa shape index (κ2) is 6.95. The lowest BCUT2D eigenvalue weighted by atomic mass is 10.1. The Labute approximate surface area is 114 Å². The van der Waals surface area contributed by atoms with E-state index < -0.39 is 0 Å². The molecule has 0 aliphatic carbocycles. The van der Waals surface area contributed by atoms with Crippen molar-refractivity contribution in [1.29, 1.82) is 0 Å². The number of aromatic nitrogens is 1. The molecule has 102 valence electrons. The van der Waals surface area contributed by atoms with Gasteiger partial charge in [-0.05, 0) is 25.0 Å². The number of nitrogens with two attached hydrogens (primary N) is 1. The lowest BCUT2D eigenvalue weighted by Crippen LogP contribution is -2.07. The molecule has 0 aliphatic rings. The van der Waals surface area contributed by atoms with Crippen LogP contribution in [0.15, 0.2) is 30.6 Å². The molecular formula is C15H21N3O. The Bertz CT molecular complexity index is 528. The maximum Gasteiger partial charge on any atom is 0.0630 e. The summed E-state index contributed by atoms with van der Waals surface area (Å²) in [6, 6.07) is 5.99. The number of ether oxygens (including phenoxy) is 1. The highest BCUT2D eigenvalue weighted by Gasteiger charge is 2.03. The smallest absolute Gasteiger partial charge is 0.0630 e. The SMILES string of the molecule is CCCOCCCNc1ccc2cnccc2c1N. The van der Waals surface area contributed by atoms with Crippen molar-refractivity contribution < 1.29 is 4.74 Å². The zero-order valence-electron chi connectivity index (χ0n) is 11.4. The molecule has 0 bridgehead atoms. The van der Waals surface area contributed by atoms with Crippen LogP contribution in [0.4, 0.5) is 11.4 Å². The number of pyridine rings is 1. The zero-order chi connectivity index (χ0) is 13.5. The van der Waals surface area contributed by atoms with Crippen LogP contribution in [-0.2, 0) is 4.74 Å². The van der Waals surface area contributed by atoms with E-state index in [4.69, 9.17) is 10.5 Å². The van der Waals surface area contributed by atoms with Crippen LogP contribution < -0.4 is 11.1 Å².